The third kappa shape index (κ3) is 3.44. The smallest absolute Gasteiger partial charge is 0.340 e. The van der Waals surface area contributed by atoms with Crippen LogP contribution in [0.4, 0.5) is 0 Å². The number of ether oxygens (including phenoxy) is 3. The summed E-state index contributed by atoms with van der Waals surface area (Å²) in [5, 5.41) is 3.89. The summed E-state index contributed by atoms with van der Waals surface area (Å²) < 4.78 is 20.3. The van der Waals surface area contributed by atoms with Gasteiger partial charge < -0.3 is 18.7 Å². The SMILES string of the molecule is COC(=O)c1cnc(-c2ccc(OC)cc2)c(-c2cc(C)no2)c1C(=O)OC. The van der Waals surface area contributed by atoms with Gasteiger partial charge >= 0.3 is 11.9 Å². The van der Waals surface area contributed by atoms with Crippen molar-refractivity contribution in [3.05, 3.63) is 53.3 Å². The molecule has 2 aromatic heterocycles. The van der Waals surface area contributed by atoms with Gasteiger partial charge in [0.25, 0.3) is 0 Å². The first-order chi connectivity index (χ1) is 13.5. The standard InChI is InChI=1S/C20H18N2O6/c1-11-9-15(28-22-11)17-16(20(24)27-4)14(19(23)26-3)10-21-18(17)12-5-7-13(25-2)8-6-12/h5-10H,1-4H3. The van der Waals surface area contributed by atoms with Crippen LogP contribution < -0.4 is 4.74 Å². The van der Waals surface area contributed by atoms with Crippen LogP contribution in [0, 0.1) is 6.92 Å². The fourth-order valence-corrected chi connectivity index (χ4v) is 2.78. The second kappa shape index (κ2) is 7.91. The quantitative estimate of drug-likeness (QED) is 0.620. The van der Waals surface area contributed by atoms with Gasteiger partial charge in [-0.25, -0.2) is 9.59 Å². The van der Waals surface area contributed by atoms with Gasteiger partial charge in [0.05, 0.1) is 49.4 Å². The Morgan fingerprint density at radius 2 is 1.68 bits per heavy atom. The van der Waals surface area contributed by atoms with Crippen LogP contribution in [0.15, 0.2) is 41.1 Å². The van der Waals surface area contributed by atoms with Crippen molar-refractivity contribution < 1.29 is 28.3 Å². The molecule has 0 saturated heterocycles. The number of aryl methyl sites for hydroxylation is 1. The summed E-state index contributed by atoms with van der Waals surface area (Å²) in [5.74, 6) is -0.490. The number of hydrogen-bond donors (Lipinski definition) is 0. The van der Waals surface area contributed by atoms with Crippen molar-refractivity contribution in [3.8, 4) is 28.3 Å². The predicted octanol–water partition coefficient (Wildman–Crippen LogP) is 3.29. The number of methoxy groups -OCH3 is 3. The van der Waals surface area contributed by atoms with Crippen LogP contribution in [0.3, 0.4) is 0 Å². The minimum absolute atomic E-state index is 0.00804. The zero-order valence-electron chi connectivity index (χ0n) is 15.8. The number of rotatable bonds is 5. The van der Waals surface area contributed by atoms with Gasteiger partial charge in [-0.3, -0.25) is 4.98 Å². The Kier molecular flexibility index (Phi) is 5.39. The van der Waals surface area contributed by atoms with Crippen LogP contribution in [-0.4, -0.2) is 43.4 Å². The molecule has 0 aliphatic heterocycles. The number of pyridine rings is 1. The summed E-state index contributed by atoms with van der Waals surface area (Å²) >= 11 is 0. The number of carbonyl (C=O) groups excluding carboxylic acids is 2. The molecule has 8 heteroatoms. The lowest BCUT2D eigenvalue weighted by Crippen LogP contribution is -2.15. The molecule has 0 aliphatic carbocycles. The topological polar surface area (TPSA) is 101 Å². The number of benzene rings is 1. The molecule has 8 nitrogen and oxygen atoms in total. The number of carbonyl (C=O) groups is 2. The molecule has 0 fully saturated rings. The summed E-state index contributed by atoms with van der Waals surface area (Å²) in [6, 6.07) is 8.74. The van der Waals surface area contributed by atoms with Crippen molar-refractivity contribution in [2.45, 2.75) is 6.92 Å². The summed E-state index contributed by atoms with van der Waals surface area (Å²) in [6.45, 7) is 1.75. The van der Waals surface area contributed by atoms with Crippen LogP contribution in [0.5, 0.6) is 5.75 Å². The highest BCUT2D eigenvalue weighted by Gasteiger charge is 2.29. The molecular weight excluding hydrogens is 364 g/mol. The van der Waals surface area contributed by atoms with E-state index in [4.69, 9.17) is 18.7 Å². The minimum atomic E-state index is -0.721. The molecule has 0 amide bonds. The van der Waals surface area contributed by atoms with Crippen molar-refractivity contribution in [1.82, 2.24) is 10.1 Å². The zero-order chi connectivity index (χ0) is 20.3. The normalized spacial score (nSPS) is 10.4. The molecule has 1 aromatic carbocycles. The Hall–Kier alpha value is -3.68. The fourth-order valence-electron chi connectivity index (χ4n) is 2.78. The fraction of sp³-hybridized carbons (Fsp3) is 0.200. The lowest BCUT2D eigenvalue weighted by atomic mass is 9.95. The van der Waals surface area contributed by atoms with Crippen molar-refractivity contribution in [1.29, 1.82) is 0 Å². The Balaban J connectivity index is 2.35. The van der Waals surface area contributed by atoms with Crippen LogP contribution in [0.2, 0.25) is 0 Å². The van der Waals surface area contributed by atoms with Gasteiger partial charge in [0, 0.05) is 17.8 Å². The van der Waals surface area contributed by atoms with E-state index >= 15 is 0 Å². The monoisotopic (exact) mass is 382 g/mol. The third-order valence-electron chi connectivity index (χ3n) is 4.11. The molecule has 144 valence electrons. The van der Waals surface area contributed by atoms with Crippen molar-refractivity contribution in [3.63, 3.8) is 0 Å². The predicted molar refractivity (Wildman–Crippen MR) is 99.1 cm³/mol. The third-order valence-corrected chi connectivity index (χ3v) is 4.11. The molecule has 0 radical (unpaired) electrons. The first-order valence-corrected chi connectivity index (χ1v) is 8.27. The number of nitrogens with zero attached hydrogens (tertiary/aromatic N) is 2. The molecule has 3 rings (SSSR count). The lowest BCUT2D eigenvalue weighted by Gasteiger charge is -2.14. The van der Waals surface area contributed by atoms with Gasteiger partial charge in [-0.2, -0.15) is 0 Å². The van der Waals surface area contributed by atoms with Gasteiger partial charge in [-0.15, -0.1) is 0 Å². The molecule has 0 N–H and O–H groups in total. The van der Waals surface area contributed by atoms with Gasteiger partial charge in [-0.05, 0) is 31.2 Å². The Morgan fingerprint density at radius 3 is 2.21 bits per heavy atom. The van der Waals surface area contributed by atoms with Gasteiger partial charge in [-0.1, -0.05) is 5.16 Å². The molecule has 0 bridgehead atoms. The summed E-state index contributed by atoms with van der Waals surface area (Å²) in [6.07, 6.45) is 1.28. The second-order valence-corrected chi connectivity index (χ2v) is 5.81. The van der Waals surface area contributed by atoms with Crippen molar-refractivity contribution in [2.24, 2.45) is 0 Å². The van der Waals surface area contributed by atoms with Crippen LogP contribution in [0.25, 0.3) is 22.6 Å². The molecule has 0 aliphatic rings. The van der Waals surface area contributed by atoms with E-state index in [9.17, 15) is 9.59 Å². The summed E-state index contributed by atoms with van der Waals surface area (Å²) in [4.78, 5) is 29.2. The van der Waals surface area contributed by atoms with E-state index in [1.165, 1.54) is 20.4 Å². The Morgan fingerprint density at radius 1 is 1.00 bits per heavy atom. The highest BCUT2D eigenvalue weighted by molar-refractivity contribution is 6.09. The molecule has 0 saturated carbocycles. The van der Waals surface area contributed by atoms with Crippen LogP contribution >= 0.6 is 0 Å². The maximum Gasteiger partial charge on any atom is 0.340 e. The van der Waals surface area contributed by atoms with Gasteiger partial charge in [0.15, 0.2) is 5.76 Å². The molecular formula is C20H18N2O6. The van der Waals surface area contributed by atoms with Crippen LogP contribution in [-0.2, 0) is 9.47 Å². The van der Waals surface area contributed by atoms with E-state index in [2.05, 4.69) is 10.1 Å². The largest absolute Gasteiger partial charge is 0.497 e. The number of hydrogen-bond acceptors (Lipinski definition) is 8. The van der Waals surface area contributed by atoms with E-state index in [0.717, 1.165) is 0 Å². The van der Waals surface area contributed by atoms with Crippen molar-refractivity contribution >= 4 is 11.9 Å². The summed E-state index contributed by atoms with van der Waals surface area (Å²) in [5.41, 5.74) is 1.97. The minimum Gasteiger partial charge on any atom is -0.497 e. The molecule has 3 aromatic rings. The van der Waals surface area contributed by atoms with E-state index in [1.807, 2.05) is 0 Å². The average molecular weight is 382 g/mol. The van der Waals surface area contributed by atoms with Gasteiger partial charge in [0.1, 0.15) is 5.75 Å². The van der Waals surface area contributed by atoms with E-state index in [0.29, 0.717) is 28.3 Å². The van der Waals surface area contributed by atoms with Crippen LogP contribution in [0.1, 0.15) is 26.4 Å². The van der Waals surface area contributed by atoms with E-state index in [1.54, 1.807) is 44.4 Å². The van der Waals surface area contributed by atoms with E-state index in [-0.39, 0.29) is 16.9 Å². The molecule has 0 atom stereocenters. The Bertz CT molecular complexity index is 1020. The first kappa shape index (κ1) is 19.1. The maximum absolute atomic E-state index is 12.6. The molecule has 0 spiro atoms. The Labute approximate surface area is 161 Å². The average Bonchev–Trinajstić information content (AvgIpc) is 3.17. The molecule has 0 unspecified atom stereocenters. The summed E-state index contributed by atoms with van der Waals surface area (Å²) in [7, 11) is 4.02. The number of esters is 2. The highest BCUT2D eigenvalue weighted by atomic mass is 16.5. The second-order valence-electron chi connectivity index (χ2n) is 5.81. The van der Waals surface area contributed by atoms with Crippen molar-refractivity contribution in [2.75, 3.05) is 21.3 Å². The maximum atomic E-state index is 12.6. The first-order valence-electron chi connectivity index (χ1n) is 8.27. The molecule has 28 heavy (non-hydrogen) atoms. The molecule has 2 heterocycles. The lowest BCUT2D eigenvalue weighted by molar-refractivity contribution is 0.0555. The number of aromatic nitrogens is 2. The zero-order valence-corrected chi connectivity index (χ0v) is 15.8. The van der Waals surface area contributed by atoms with E-state index < -0.39 is 11.9 Å². The van der Waals surface area contributed by atoms with Gasteiger partial charge in [0.2, 0.25) is 0 Å². The highest BCUT2D eigenvalue weighted by Crippen LogP contribution is 2.36.